The number of hydrazine groups is 1. The van der Waals surface area contributed by atoms with Gasteiger partial charge in [0.15, 0.2) is 5.65 Å². The summed E-state index contributed by atoms with van der Waals surface area (Å²) in [6.07, 6.45) is 3.73. The Morgan fingerprint density at radius 2 is 2.31 bits per heavy atom. The monoisotopic (exact) mass is 388 g/mol. The van der Waals surface area contributed by atoms with E-state index < -0.39 is 0 Å². The number of nitrogens with one attached hydrogen (secondary N) is 1. The maximum atomic E-state index is 12.9. The van der Waals surface area contributed by atoms with E-state index in [1.54, 1.807) is 11.7 Å². The maximum Gasteiger partial charge on any atom is 0.291 e. The summed E-state index contributed by atoms with van der Waals surface area (Å²) in [5.41, 5.74) is 12.6. The summed E-state index contributed by atoms with van der Waals surface area (Å²) in [6.45, 7) is 0.350. The molecule has 0 aliphatic heterocycles. The van der Waals surface area contributed by atoms with Gasteiger partial charge in [-0.05, 0) is 0 Å². The highest BCUT2D eigenvalue weighted by atomic mass is 32.1. The molecule has 0 saturated carbocycles. The third kappa shape index (κ3) is 2.75. The van der Waals surface area contributed by atoms with Gasteiger partial charge in [-0.1, -0.05) is 0 Å². The zero-order chi connectivity index (χ0) is 18.3. The van der Waals surface area contributed by atoms with E-state index in [0.717, 1.165) is 26.4 Å². The van der Waals surface area contributed by atoms with E-state index in [1.165, 1.54) is 33.6 Å². The Morgan fingerprint density at radius 1 is 1.46 bits per heavy atom. The molecule has 0 saturated heterocycles. The first-order valence-electron chi connectivity index (χ1n) is 7.70. The van der Waals surface area contributed by atoms with Crippen LogP contribution >= 0.6 is 22.7 Å². The third-order valence-corrected chi connectivity index (χ3v) is 5.70. The van der Waals surface area contributed by atoms with E-state index in [1.807, 2.05) is 17.0 Å². The molecule has 4 rings (SSSR count). The van der Waals surface area contributed by atoms with E-state index >= 15 is 0 Å². The molecule has 26 heavy (non-hydrogen) atoms. The first kappa shape index (κ1) is 16.7. The Hall–Kier alpha value is -2.76. The van der Waals surface area contributed by atoms with Crippen LogP contribution in [-0.4, -0.2) is 24.3 Å². The fourth-order valence-corrected chi connectivity index (χ4v) is 4.51. The van der Waals surface area contributed by atoms with Gasteiger partial charge in [-0.3, -0.25) is 10.6 Å². The van der Waals surface area contributed by atoms with Crippen LogP contribution in [0.3, 0.4) is 0 Å². The molecule has 0 fully saturated rings. The molecule has 0 amide bonds. The molecule has 11 heteroatoms. The third-order valence-electron chi connectivity index (χ3n) is 3.99. The topological polar surface area (TPSA) is 130 Å². The lowest BCUT2D eigenvalue weighted by atomic mass is 10.3. The van der Waals surface area contributed by atoms with Crippen molar-refractivity contribution < 1.29 is 0 Å². The Kier molecular flexibility index (Phi) is 4.18. The Bertz CT molecular complexity index is 1170. The van der Waals surface area contributed by atoms with Gasteiger partial charge in [0, 0.05) is 36.1 Å². The standard InChI is InChI=1S/C15H16N8OS2/c1-22-12-10(4-20-23(15(12)24)5-9-6-25-7-18-9)13-14(22)21-11(26-13)2-8(16)3-19-17/h3-4,6-7,19H,2,5,16-17H2,1H3/b8-3-. The summed E-state index contributed by atoms with van der Waals surface area (Å²) < 4.78 is 4.17. The number of nitrogens with two attached hydrogens (primary N) is 2. The zero-order valence-corrected chi connectivity index (χ0v) is 15.5. The van der Waals surface area contributed by atoms with E-state index in [9.17, 15) is 4.79 Å². The van der Waals surface area contributed by atoms with Crippen LogP contribution in [0.2, 0.25) is 0 Å². The van der Waals surface area contributed by atoms with E-state index in [0.29, 0.717) is 24.2 Å². The lowest BCUT2D eigenvalue weighted by Crippen LogP contribution is -2.24. The van der Waals surface area contributed by atoms with Crippen LogP contribution in [0, 0.1) is 0 Å². The van der Waals surface area contributed by atoms with Crippen molar-refractivity contribution in [2.45, 2.75) is 13.0 Å². The zero-order valence-electron chi connectivity index (χ0n) is 13.8. The minimum absolute atomic E-state index is 0.156. The average Bonchev–Trinajstić information content (AvgIpc) is 3.30. The lowest BCUT2D eigenvalue weighted by molar-refractivity contribution is 0.635. The van der Waals surface area contributed by atoms with E-state index in [2.05, 4.69) is 20.5 Å². The predicted molar refractivity (Wildman–Crippen MR) is 103 cm³/mol. The van der Waals surface area contributed by atoms with Crippen molar-refractivity contribution in [1.82, 2.24) is 29.7 Å². The summed E-state index contributed by atoms with van der Waals surface area (Å²) in [5.74, 6) is 5.24. The average molecular weight is 388 g/mol. The summed E-state index contributed by atoms with van der Waals surface area (Å²) >= 11 is 2.99. The SMILES string of the molecule is Cn1c2nc(C/C(N)=C/NN)sc2c2cnn(Cc3cscn3)c(=O)c21. The van der Waals surface area contributed by atoms with Crippen LogP contribution in [0.5, 0.6) is 0 Å². The van der Waals surface area contributed by atoms with Crippen LogP contribution in [-0.2, 0) is 20.0 Å². The number of hydrogen-bond donors (Lipinski definition) is 3. The highest BCUT2D eigenvalue weighted by Gasteiger charge is 2.18. The Morgan fingerprint density at radius 3 is 3.04 bits per heavy atom. The fourth-order valence-electron chi connectivity index (χ4n) is 2.82. The van der Waals surface area contributed by atoms with Crippen LogP contribution in [0.25, 0.3) is 21.3 Å². The molecule has 134 valence electrons. The number of hydrogen-bond acceptors (Lipinski definition) is 9. The molecule has 0 unspecified atom stereocenters. The molecule has 9 nitrogen and oxygen atoms in total. The molecule has 0 aliphatic carbocycles. The summed E-state index contributed by atoms with van der Waals surface area (Å²) in [4.78, 5) is 21.7. The van der Waals surface area contributed by atoms with Crippen molar-refractivity contribution in [2.24, 2.45) is 18.6 Å². The molecule has 0 spiro atoms. The van der Waals surface area contributed by atoms with Gasteiger partial charge < -0.3 is 15.7 Å². The number of nitrogens with zero attached hydrogens (tertiary/aromatic N) is 5. The predicted octanol–water partition coefficient (Wildman–Crippen LogP) is 0.655. The highest BCUT2D eigenvalue weighted by Crippen LogP contribution is 2.31. The molecule has 0 radical (unpaired) electrons. The lowest BCUT2D eigenvalue weighted by Gasteiger charge is -2.03. The second-order valence-corrected chi connectivity index (χ2v) is 7.53. The number of aryl methyl sites for hydroxylation is 1. The normalized spacial score (nSPS) is 12.3. The molecule has 0 aromatic carbocycles. The molecular formula is C15H16N8OS2. The van der Waals surface area contributed by atoms with Crippen molar-refractivity contribution in [1.29, 1.82) is 0 Å². The van der Waals surface area contributed by atoms with Crippen molar-refractivity contribution >= 4 is 43.9 Å². The Balaban J connectivity index is 1.80. The molecule has 0 bridgehead atoms. The minimum atomic E-state index is -0.156. The number of fused-ring (bicyclic) bond motifs is 3. The summed E-state index contributed by atoms with van der Waals surface area (Å²) in [6, 6.07) is 0. The first-order chi connectivity index (χ1) is 12.6. The van der Waals surface area contributed by atoms with Crippen LogP contribution in [0.4, 0.5) is 0 Å². The van der Waals surface area contributed by atoms with Crippen LogP contribution < -0.4 is 22.6 Å². The van der Waals surface area contributed by atoms with Gasteiger partial charge in [0.1, 0.15) is 10.5 Å². The molecule has 5 N–H and O–H groups in total. The number of aromatic nitrogens is 5. The van der Waals surface area contributed by atoms with Crippen molar-refractivity contribution in [3.8, 4) is 0 Å². The van der Waals surface area contributed by atoms with E-state index in [-0.39, 0.29) is 5.56 Å². The molecule has 4 heterocycles. The summed E-state index contributed by atoms with van der Waals surface area (Å²) in [5, 5.41) is 7.87. The minimum Gasteiger partial charge on any atom is -0.400 e. The molecule has 0 atom stereocenters. The van der Waals surface area contributed by atoms with Crippen LogP contribution in [0.15, 0.2) is 33.8 Å². The Labute approximate surface area is 155 Å². The van der Waals surface area contributed by atoms with Gasteiger partial charge in [-0.25, -0.2) is 14.6 Å². The molecule has 4 aromatic heterocycles. The van der Waals surface area contributed by atoms with Crippen LogP contribution in [0.1, 0.15) is 10.7 Å². The quantitative estimate of drug-likeness (QED) is 0.338. The van der Waals surface area contributed by atoms with Crippen molar-refractivity contribution in [2.75, 3.05) is 0 Å². The van der Waals surface area contributed by atoms with Gasteiger partial charge in [-0.2, -0.15) is 5.10 Å². The van der Waals surface area contributed by atoms with Crippen molar-refractivity contribution in [3.05, 3.63) is 50.0 Å². The van der Waals surface area contributed by atoms with Gasteiger partial charge in [0.2, 0.25) is 0 Å². The van der Waals surface area contributed by atoms with Crippen molar-refractivity contribution in [3.63, 3.8) is 0 Å². The van der Waals surface area contributed by atoms with Gasteiger partial charge in [0.25, 0.3) is 5.56 Å². The molecule has 4 aromatic rings. The second-order valence-electron chi connectivity index (χ2n) is 5.73. The summed E-state index contributed by atoms with van der Waals surface area (Å²) in [7, 11) is 1.84. The largest absolute Gasteiger partial charge is 0.400 e. The smallest absolute Gasteiger partial charge is 0.291 e. The van der Waals surface area contributed by atoms with Gasteiger partial charge in [-0.15, -0.1) is 22.7 Å². The number of thiazole rings is 2. The van der Waals surface area contributed by atoms with Gasteiger partial charge in [0.05, 0.1) is 28.6 Å². The number of rotatable bonds is 5. The highest BCUT2D eigenvalue weighted by molar-refractivity contribution is 7.19. The molecule has 0 aliphatic rings. The second kappa shape index (κ2) is 6.52. The number of allylic oxidation sites excluding steroid dienone is 1. The molecular weight excluding hydrogens is 372 g/mol. The van der Waals surface area contributed by atoms with Gasteiger partial charge >= 0.3 is 0 Å². The first-order valence-corrected chi connectivity index (χ1v) is 9.46. The fraction of sp³-hybridized carbons (Fsp3) is 0.200. The van der Waals surface area contributed by atoms with E-state index in [4.69, 9.17) is 11.6 Å². The maximum absolute atomic E-state index is 12.9.